The van der Waals surface area contributed by atoms with Gasteiger partial charge in [-0.05, 0) is 184 Å². The number of anilines is 3. The summed E-state index contributed by atoms with van der Waals surface area (Å²) >= 11 is 38.7. The summed E-state index contributed by atoms with van der Waals surface area (Å²) in [6.45, 7) is 15.9. The molecule has 10 rings (SSSR count). The zero-order valence-corrected chi connectivity index (χ0v) is 86.0. The van der Waals surface area contributed by atoms with Gasteiger partial charge < -0.3 is 96.2 Å². The number of guanidine groups is 1. The van der Waals surface area contributed by atoms with Crippen LogP contribution in [0.1, 0.15) is 123 Å². The van der Waals surface area contributed by atoms with Crippen LogP contribution in [0.5, 0.6) is 40.4 Å². The van der Waals surface area contributed by atoms with Crippen molar-refractivity contribution >= 4 is 183 Å². The third-order valence-corrected chi connectivity index (χ3v) is 18.9. The van der Waals surface area contributed by atoms with Gasteiger partial charge >= 0.3 is 60.9 Å². The van der Waals surface area contributed by atoms with Crippen LogP contribution in [0.15, 0.2) is 173 Å². The molecule has 6 aromatic carbocycles. The molecule has 0 atom stereocenters. The van der Waals surface area contributed by atoms with Gasteiger partial charge in [0, 0.05) is 41.3 Å². The molecule has 0 aliphatic carbocycles. The first-order valence-electron chi connectivity index (χ1n) is 39.8. The van der Waals surface area contributed by atoms with E-state index in [1.54, 1.807) is 65.8 Å². The fourth-order valence-corrected chi connectivity index (χ4v) is 11.5. The topological polar surface area (TPSA) is 540 Å². The molecule has 9 aromatic rings. The molecule has 46 heteroatoms. The first-order valence-corrected chi connectivity index (χ1v) is 46.9. The quantitative estimate of drug-likeness (QED) is 0.00217. The standard InChI is InChI=1S/C16H16ClN3O2.C13H16O5.C12H11Cl2N3O.C12H13N3O3.C10H17BO3.C8H9BrO.C8H10O.C5H8O4.C4H11N.CH5N3.BHNS.Cl3OP/c1-10(21)7-8-13-12(15(17)20-16(18)19-13)9-11-5-3-4-6-14(11)22-2;1-16-11-7-5-4-6-9(11)8-10(12(14)17-2)13(15)18-3;1-18-9-5-3-2-4-7(9)6-8-10(13)16-12(15)17-11(8)14;1-18-9-5-3-2-4-7(9)6-8-10(16)14-12(13)15-11(8)17;1-8(12)6-7-11-13-9(2,3)10(4,5)14-11;1-10-8-5-3-2-4-7(8)6-9;1-7-5-3-4-6-8(7)9-2;1-8-4(6)3-5(7)9-2;1-2-3-4-5;2-1(3)4;1-2-3;1-5(2,3)4/h3-8H,9H2,1-2H3,(H2,18,19,20);4-7,10H,8H2,1-3H3;2-5H,6H2,1H3,(H2,15,16,17);2-5H,6H2,1H3,(H4,13,14,15,16,17);6-7H,1-5H3;2-5H,6H2,1H3;3-6H,1-2H3;3H2,1-2H3;2-5H2,1H3;(H5,2,3,4);3H;/b8-7+;;;;7-6+;;;;;;;. The number of nitrogens with two attached hydrogens (primary N) is 6. The van der Waals surface area contributed by atoms with Crippen molar-refractivity contribution in [3.63, 3.8) is 0 Å². The Labute approximate surface area is 831 Å². The minimum absolute atomic E-state index is 0.000266. The number of H-pyrrole nitrogens is 1. The number of thiol groups is 1. The van der Waals surface area contributed by atoms with Gasteiger partial charge in [-0.25, -0.2) is 19.9 Å². The Kier molecular flexibility index (Phi) is 65.1. The number of aromatic nitrogens is 6. The second-order valence-corrected chi connectivity index (χ2v) is 36.1. The number of carbonyl (C=O) groups is 6. The fourth-order valence-electron chi connectivity index (χ4n) is 10.2. The summed E-state index contributed by atoms with van der Waals surface area (Å²) < 4.78 is 72.2. The van der Waals surface area contributed by atoms with Crippen LogP contribution in [0.3, 0.4) is 0 Å². The molecule has 0 saturated carbocycles. The average Bonchev–Trinajstić information content (AvgIpc) is 1.64. The number of ketones is 2. The summed E-state index contributed by atoms with van der Waals surface area (Å²) in [7, 11) is 18.5. The number of ether oxygens (including phenoxy) is 10. The molecule has 0 bridgehead atoms. The molecule has 1 fully saturated rings. The zero-order chi connectivity index (χ0) is 103. The summed E-state index contributed by atoms with van der Waals surface area (Å²) in [5, 5.41) is 14.1. The number of methoxy groups -OCH3 is 10. The van der Waals surface area contributed by atoms with E-state index < -0.39 is 47.7 Å². The van der Waals surface area contributed by atoms with Crippen LogP contribution in [-0.4, -0.2) is 180 Å². The van der Waals surface area contributed by atoms with Gasteiger partial charge in [-0.3, -0.25) is 48.5 Å². The van der Waals surface area contributed by atoms with E-state index in [4.69, 9.17) is 101 Å². The Hall–Kier alpha value is -11.1. The number of esters is 4. The van der Waals surface area contributed by atoms with Crippen molar-refractivity contribution in [1.82, 2.24) is 29.9 Å². The van der Waals surface area contributed by atoms with Gasteiger partial charge in [0.2, 0.25) is 23.7 Å². The van der Waals surface area contributed by atoms with Crippen molar-refractivity contribution in [1.29, 1.82) is 5.41 Å². The molecular weight excluding hydrogens is 1980 g/mol. The molecule has 4 heterocycles. The van der Waals surface area contributed by atoms with Crippen molar-refractivity contribution in [3.8, 4) is 40.4 Å². The van der Waals surface area contributed by atoms with E-state index in [0.717, 1.165) is 57.1 Å². The molecule has 135 heavy (non-hydrogen) atoms. The number of nitrogen functional groups attached to an aromatic ring is 3. The fraction of sp³-hybridized carbons (Fsp3) is 0.337. The van der Waals surface area contributed by atoms with Crippen molar-refractivity contribution in [3.05, 3.63) is 245 Å². The number of hydrogen-bond acceptors (Lipinski definition) is 33. The normalized spacial score (nSPS) is 11.3. The molecule has 0 amide bonds. The molecule has 735 valence electrons. The predicted molar refractivity (Wildman–Crippen MR) is 540 cm³/mol. The van der Waals surface area contributed by atoms with Crippen LogP contribution in [0.4, 0.5) is 17.8 Å². The van der Waals surface area contributed by atoms with Gasteiger partial charge in [-0.15, -0.1) is 0 Å². The number of unbranched alkanes of at least 4 members (excludes halogenated alkanes) is 1. The second kappa shape index (κ2) is 69.7. The maximum absolute atomic E-state index is 11.7. The predicted octanol–water partition coefficient (Wildman–Crippen LogP) is 16.4. The Morgan fingerprint density at radius 1 is 0.570 bits per heavy atom. The zero-order valence-electron chi connectivity index (χ0n) is 78.1. The van der Waals surface area contributed by atoms with Gasteiger partial charge in [0.05, 0.1) is 93.6 Å². The Bertz CT molecular complexity index is 5250. The van der Waals surface area contributed by atoms with Gasteiger partial charge in [0.15, 0.2) is 23.4 Å². The van der Waals surface area contributed by atoms with Crippen molar-refractivity contribution < 1.29 is 95.1 Å². The number of aromatic amines is 1. The number of benzene rings is 6. The molecule has 0 unspecified atom stereocenters. The van der Waals surface area contributed by atoms with Crippen molar-refractivity contribution in [2.24, 2.45) is 27.4 Å². The summed E-state index contributed by atoms with van der Waals surface area (Å²) in [5.41, 5.74) is 37.2. The van der Waals surface area contributed by atoms with Crippen LogP contribution in [0.25, 0.3) is 6.08 Å². The number of aromatic hydroxyl groups is 1. The summed E-state index contributed by atoms with van der Waals surface area (Å²) in [4.78, 5) is 99.1. The van der Waals surface area contributed by atoms with E-state index in [2.05, 4.69) is 142 Å². The third-order valence-electron chi connectivity index (χ3n) is 17.4. The van der Waals surface area contributed by atoms with Crippen LogP contribution >= 0.6 is 102 Å². The van der Waals surface area contributed by atoms with Crippen LogP contribution in [-0.2, 0) is 92.6 Å². The molecule has 0 spiro atoms. The number of carbonyl (C=O) groups excluding carboxylic acids is 6. The van der Waals surface area contributed by atoms with E-state index in [9.17, 15) is 43.2 Å². The van der Waals surface area contributed by atoms with Crippen LogP contribution in [0, 0.1) is 18.3 Å². The monoisotopic (exact) mass is 2090 g/mol. The third kappa shape index (κ3) is 53.1. The van der Waals surface area contributed by atoms with E-state index >= 15 is 0 Å². The van der Waals surface area contributed by atoms with E-state index in [1.807, 2.05) is 162 Å². The number of para-hydroxylation sites is 6. The first kappa shape index (κ1) is 126. The van der Waals surface area contributed by atoms with Crippen molar-refractivity contribution in [2.75, 3.05) is 94.8 Å². The number of nitrogens with one attached hydrogen (secondary N) is 2. The molecule has 15 N–H and O–H groups in total. The molecule has 1 aliphatic heterocycles. The molecule has 1 radical (unpaired) electrons. The maximum atomic E-state index is 11.7. The minimum atomic E-state index is -3.22. The average molecular weight is 2100 g/mol. The Morgan fingerprint density at radius 3 is 1.21 bits per heavy atom. The number of allylic oxidation sites excluding steroid dienone is 2. The summed E-state index contributed by atoms with van der Waals surface area (Å²) in [6.07, 6.45) is 7.93. The summed E-state index contributed by atoms with van der Waals surface area (Å²) in [6, 6.07) is 45.5. The number of aryl methyl sites for hydroxylation is 1. The van der Waals surface area contributed by atoms with Gasteiger partial charge in [0.25, 0.3) is 5.56 Å². The second-order valence-electron chi connectivity index (χ2n) is 27.6. The van der Waals surface area contributed by atoms with E-state index in [1.165, 1.54) is 85.5 Å². The molecule has 35 nitrogen and oxygen atoms in total. The molecule has 1 saturated heterocycles. The first-order chi connectivity index (χ1) is 63.6. The van der Waals surface area contributed by atoms with Gasteiger partial charge in [-0.2, -0.15) is 4.98 Å². The SMILES string of the molecule is CC(=O)/C=C/B1OC(C)(C)C(C)(C)O1.CCCCN.COC(=O)C(Cc1ccccc1OC)C(=O)OC.COC(=O)CC(=O)OC.COc1ccccc1C.COc1ccccc1CBr.COc1ccccc1Cc1c(Cl)nc(N)nc1/C=C/C(C)=O.COc1ccccc1Cc1c(Cl)nc(N)nc1Cl.COc1ccccc1Cc1c(O)nc(N)[nH]c1=O.N=C(N)N.O=P(Cl)(Cl)Cl.[B]=NS. The van der Waals surface area contributed by atoms with E-state index in [-0.39, 0.29) is 92.7 Å². The number of halogens is 7. The van der Waals surface area contributed by atoms with Gasteiger partial charge in [-0.1, -0.05) is 179 Å². The van der Waals surface area contributed by atoms with Gasteiger partial charge in [0.1, 0.15) is 56.4 Å². The molecule has 1 aliphatic rings. The number of rotatable bonds is 25. The number of hydrogen-bond donors (Lipinski definition) is 10. The Morgan fingerprint density at radius 2 is 0.896 bits per heavy atom. The van der Waals surface area contributed by atoms with Crippen LogP contribution in [0.2, 0.25) is 15.5 Å². The molecular formula is C89H117B2BrCl6N14O21PS. The Balaban J connectivity index is 0. The number of nitrogens with zero attached hydrogens (tertiary/aromatic N) is 6. The number of alkyl halides is 1. The van der Waals surface area contributed by atoms with E-state index in [0.29, 0.717) is 41.2 Å². The van der Waals surface area contributed by atoms with Crippen molar-refractivity contribution in [2.45, 2.75) is 117 Å². The molecule has 3 aromatic heterocycles. The van der Waals surface area contributed by atoms with Crippen LogP contribution < -0.4 is 68.4 Å². The summed E-state index contributed by atoms with van der Waals surface area (Å²) in [5.74, 6) is 2.20.